The average Bonchev–Trinajstić information content (AvgIpc) is 2.99. The van der Waals surface area contributed by atoms with Gasteiger partial charge in [0.1, 0.15) is 5.75 Å². The van der Waals surface area contributed by atoms with Crippen LogP contribution in [0, 0.1) is 0 Å². The predicted molar refractivity (Wildman–Crippen MR) is 89.0 cm³/mol. The number of ether oxygens (including phenoxy) is 1. The van der Waals surface area contributed by atoms with Crippen LogP contribution in [0.3, 0.4) is 0 Å². The largest absolute Gasteiger partial charge is 0.497 e. The molecule has 21 heavy (non-hydrogen) atoms. The molecular weight excluding hydrogens is 260 g/mol. The molecule has 0 amide bonds. The SMILES string of the molecule is CNC(CCc1ccc(OC)cc1)C1(N(C)C)CCCC1. The number of hydrogen-bond donors (Lipinski definition) is 1. The van der Waals surface area contributed by atoms with E-state index < -0.39 is 0 Å². The van der Waals surface area contributed by atoms with Gasteiger partial charge in [-0.1, -0.05) is 25.0 Å². The molecule has 1 unspecified atom stereocenters. The Morgan fingerprint density at radius 2 is 1.81 bits per heavy atom. The van der Waals surface area contributed by atoms with E-state index in [0.29, 0.717) is 11.6 Å². The van der Waals surface area contributed by atoms with E-state index in [-0.39, 0.29) is 0 Å². The summed E-state index contributed by atoms with van der Waals surface area (Å²) in [6, 6.07) is 9.03. The zero-order valence-electron chi connectivity index (χ0n) is 14.0. The van der Waals surface area contributed by atoms with Crippen molar-refractivity contribution >= 4 is 0 Å². The molecule has 0 aromatic heterocycles. The summed E-state index contributed by atoms with van der Waals surface area (Å²) < 4.78 is 5.23. The van der Waals surface area contributed by atoms with Gasteiger partial charge in [-0.2, -0.15) is 0 Å². The Hall–Kier alpha value is -1.06. The van der Waals surface area contributed by atoms with Crippen molar-refractivity contribution < 1.29 is 4.74 Å². The fourth-order valence-electron chi connectivity index (χ4n) is 3.88. The number of methoxy groups -OCH3 is 1. The number of rotatable bonds is 7. The van der Waals surface area contributed by atoms with E-state index in [4.69, 9.17) is 4.74 Å². The summed E-state index contributed by atoms with van der Waals surface area (Å²) in [4.78, 5) is 2.45. The predicted octanol–water partition coefficient (Wildman–Crippen LogP) is 3.09. The van der Waals surface area contributed by atoms with Crippen LogP contribution in [0.5, 0.6) is 5.75 Å². The fraction of sp³-hybridized carbons (Fsp3) is 0.667. The van der Waals surface area contributed by atoms with Gasteiger partial charge in [0.2, 0.25) is 0 Å². The monoisotopic (exact) mass is 290 g/mol. The summed E-state index contributed by atoms with van der Waals surface area (Å²) in [5, 5.41) is 3.59. The van der Waals surface area contributed by atoms with Crippen molar-refractivity contribution in [2.24, 2.45) is 0 Å². The Labute approximate surface area is 129 Å². The first-order valence-electron chi connectivity index (χ1n) is 8.10. The summed E-state index contributed by atoms with van der Waals surface area (Å²) in [7, 11) is 8.31. The second-order valence-corrected chi connectivity index (χ2v) is 6.43. The minimum Gasteiger partial charge on any atom is -0.497 e. The Morgan fingerprint density at radius 1 is 1.19 bits per heavy atom. The van der Waals surface area contributed by atoms with Gasteiger partial charge < -0.3 is 15.0 Å². The molecule has 0 saturated heterocycles. The van der Waals surface area contributed by atoms with Crippen LogP contribution in [0.25, 0.3) is 0 Å². The fourth-order valence-corrected chi connectivity index (χ4v) is 3.88. The molecule has 1 aliphatic carbocycles. The third-order valence-corrected chi connectivity index (χ3v) is 5.24. The number of aryl methyl sites for hydroxylation is 1. The van der Waals surface area contributed by atoms with E-state index >= 15 is 0 Å². The second-order valence-electron chi connectivity index (χ2n) is 6.43. The van der Waals surface area contributed by atoms with E-state index in [1.165, 1.54) is 37.7 Å². The van der Waals surface area contributed by atoms with Gasteiger partial charge in [-0.05, 0) is 64.5 Å². The van der Waals surface area contributed by atoms with Gasteiger partial charge in [0.05, 0.1) is 7.11 Å². The molecule has 3 nitrogen and oxygen atoms in total. The molecule has 0 radical (unpaired) electrons. The molecule has 0 bridgehead atoms. The zero-order chi connectivity index (χ0) is 15.3. The Bertz CT molecular complexity index is 421. The normalized spacial score (nSPS) is 18.9. The summed E-state index contributed by atoms with van der Waals surface area (Å²) in [5.74, 6) is 0.935. The number of hydrogen-bond acceptors (Lipinski definition) is 3. The highest BCUT2D eigenvalue weighted by molar-refractivity contribution is 5.27. The Morgan fingerprint density at radius 3 is 2.29 bits per heavy atom. The lowest BCUT2D eigenvalue weighted by Crippen LogP contribution is -2.56. The van der Waals surface area contributed by atoms with Crippen molar-refractivity contribution in [2.45, 2.75) is 50.1 Å². The molecular formula is C18H30N2O. The van der Waals surface area contributed by atoms with Crippen molar-refractivity contribution in [3.8, 4) is 5.75 Å². The van der Waals surface area contributed by atoms with Gasteiger partial charge in [0, 0.05) is 11.6 Å². The number of benzene rings is 1. The Balaban J connectivity index is 2.01. The molecule has 0 heterocycles. The smallest absolute Gasteiger partial charge is 0.118 e. The van der Waals surface area contributed by atoms with Crippen LogP contribution in [-0.2, 0) is 6.42 Å². The molecule has 1 aliphatic rings. The summed E-state index contributed by atoms with van der Waals surface area (Å²) in [5.41, 5.74) is 1.73. The maximum absolute atomic E-state index is 5.23. The maximum atomic E-state index is 5.23. The molecule has 1 atom stereocenters. The second kappa shape index (κ2) is 7.28. The molecule has 1 aromatic rings. The van der Waals surface area contributed by atoms with Gasteiger partial charge in [-0.15, -0.1) is 0 Å². The number of nitrogens with zero attached hydrogens (tertiary/aromatic N) is 1. The van der Waals surface area contributed by atoms with Crippen LogP contribution >= 0.6 is 0 Å². The van der Waals surface area contributed by atoms with Gasteiger partial charge in [-0.3, -0.25) is 0 Å². The molecule has 1 N–H and O–H groups in total. The van der Waals surface area contributed by atoms with Gasteiger partial charge in [0.15, 0.2) is 0 Å². The number of likely N-dealkylation sites (N-methyl/N-ethyl adjacent to an activating group) is 2. The molecule has 3 heteroatoms. The summed E-state index contributed by atoms with van der Waals surface area (Å²) >= 11 is 0. The third-order valence-electron chi connectivity index (χ3n) is 5.24. The van der Waals surface area contributed by atoms with Crippen molar-refractivity contribution in [1.29, 1.82) is 0 Å². The molecule has 0 spiro atoms. The maximum Gasteiger partial charge on any atom is 0.118 e. The molecule has 2 rings (SSSR count). The molecule has 1 saturated carbocycles. The van der Waals surface area contributed by atoms with E-state index in [9.17, 15) is 0 Å². The highest BCUT2D eigenvalue weighted by atomic mass is 16.5. The van der Waals surface area contributed by atoms with E-state index in [1.807, 2.05) is 0 Å². The minimum atomic E-state index is 0.335. The average molecular weight is 290 g/mol. The molecule has 0 aliphatic heterocycles. The van der Waals surface area contributed by atoms with Gasteiger partial charge in [0.25, 0.3) is 0 Å². The lowest BCUT2D eigenvalue weighted by molar-refractivity contribution is 0.104. The zero-order valence-corrected chi connectivity index (χ0v) is 14.0. The lowest BCUT2D eigenvalue weighted by Gasteiger charge is -2.43. The molecule has 1 aromatic carbocycles. The van der Waals surface area contributed by atoms with Crippen molar-refractivity contribution in [2.75, 3.05) is 28.3 Å². The first-order chi connectivity index (χ1) is 10.1. The van der Waals surface area contributed by atoms with Crippen LogP contribution in [0.15, 0.2) is 24.3 Å². The van der Waals surface area contributed by atoms with Crippen LogP contribution in [-0.4, -0.2) is 44.7 Å². The first kappa shape index (κ1) is 16.3. The van der Waals surface area contributed by atoms with Crippen LogP contribution in [0.4, 0.5) is 0 Å². The van der Waals surface area contributed by atoms with Crippen molar-refractivity contribution in [1.82, 2.24) is 10.2 Å². The summed E-state index contributed by atoms with van der Waals surface area (Å²) in [6.07, 6.45) is 7.64. The van der Waals surface area contributed by atoms with Crippen LogP contribution < -0.4 is 10.1 Å². The number of nitrogens with one attached hydrogen (secondary N) is 1. The van der Waals surface area contributed by atoms with Crippen molar-refractivity contribution in [3.05, 3.63) is 29.8 Å². The highest BCUT2D eigenvalue weighted by Gasteiger charge is 2.42. The third kappa shape index (κ3) is 3.58. The quantitative estimate of drug-likeness (QED) is 0.835. The van der Waals surface area contributed by atoms with Crippen molar-refractivity contribution in [3.63, 3.8) is 0 Å². The van der Waals surface area contributed by atoms with E-state index in [1.54, 1.807) is 7.11 Å². The van der Waals surface area contributed by atoms with Gasteiger partial charge >= 0.3 is 0 Å². The highest BCUT2D eigenvalue weighted by Crippen LogP contribution is 2.38. The summed E-state index contributed by atoms with van der Waals surface area (Å²) in [6.45, 7) is 0. The lowest BCUT2D eigenvalue weighted by atomic mass is 9.83. The topological polar surface area (TPSA) is 24.5 Å². The van der Waals surface area contributed by atoms with E-state index in [0.717, 1.165) is 12.2 Å². The first-order valence-corrected chi connectivity index (χ1v) is 8.10. The van der Waals surface area contributed by atoms with Crippen LogP contribution in [0.2, 0.25) is 0 Å². The van der Waals surface area contributed by atoms with E-state index in [2.05, 4.69) is 55.6 Å². The van der Waals surface area contributed by atoms with Gasteiger partial charge in [-0.25, -0.2) is 0 Å². The minimum absolute atomic E-state index is 0.335. The molecule has 118 valence electrons. The molecule has 1 fully saturated rings. The van der Waals surface area contributed by atoms with Crippen LogP contribution in [0.1, 0.15) is 37.7 Å². The Kier molecular flexibility index (Phi) is 5.65. The standard InChI is InChI=1S/C18H30N2O/c1-19-17(18(20(2)3)13-5-6-14-18)12-9-15-7-10-16(21-4)11-8-15/h7-8,10-11,17,19H,5-6,9,12-14H2,1-4H3.